The van der Waals surface area contributed by atoms with Crippen LogP contribution in [-0.2, 0) is 17.6 Å². The fourth-order valence-corrected chi connectivity index (χ4v) is 3.98. The van der Waals surface area contributed by atoms with Crippen LogP contribution in [0.15, 0.2) is 18.2 Å². The van der Waals surface area contributed by atoms with Crippen LogP contribution in [0.2, 0.25) is 0 Å². The van der Waals surface area contributed by atoms with Gasteiger partial charge in [-0.2, -0.15) is 0 Å². The number of nitrogens with one attached hydrogen (secondary N) is 1. The molecule has 0 radical (unpaired) electrons. The standard InChI is InChI=1S/C19H26N2O3/c1-13(2)6-9-21-10-8-19(18(21)23)7-5-14-11-15(17(22)20-24)3-4-16(14)12-19/h3-4,11,13,24H,5-10,12H2,1-2H3,(H,20,22)/t19-/m0/s1. The average Bonchev–Trinajstić information content (AvgIpc) is 2.88. The molecule has 5 heteroatoms. The summed E-state index contributed by atoms with van der Waals surface area (Å²) in [6.45, 7) is 6.10. The molecule has 130 valence electrons. The van der Waals surface area contributed by atoms with E-state index in [-0.39, 0.29) is 5.41 Å². The van der Waals surface area contributed by atoms with E-state index in [2.05, 4.69) is 13.8 Å². The lowest BCUT2D eigenvalue weighted by Crippen LogP contribution is -2.39. The van der Waals surface area contributed by atoms with Gasteiger partial charge in [0, 0.05) is 18.7 Å². The molecule has 2 N–H and O–H groups in total. The number of carbonyl (C=O) groups is 2. The Hall–Kier alpha value is -1.88. The normalized spacial score (nSPS) is 23.0. The van der Waals surface area contributed by atoms with Gasteiger partial charge in [-0.05, 0) is 61.3 Å². The quantitative estimate of drug-likeness (QED) is 0.658. The van der Waals surface area contributed by atoms with Gasteiger partial charge < -0.3 is 4.90 Å². The Bertz CT molecular complexity index is 656. The number of hydroxylamine groups is 1. The van der Waals surface area contributed by atoms with Gasteiger partial charge in [0.25, 0.3) is 5.91 Å². The minimum Gasteiger partial charge on any atom is -0.342 e. The molecule has 2 amide bonds. The first-order valence-corrected chi connectivity index (χ1v) is 8.81. The molecule has 1 atom stereocenters. The molecule has 1 spiro atoms. The molecule has 1 heterocycles. The lowest BCUT2D eigenvalue weighted by atomic mass is 9.70. The molecule has 0 saturated carbocycles. The fourth-order valence-electron chi connectivity index (χ4n) is 3.98. The maximum Gasteiger partial charge on any atom is 0.274 e. The number of aryl methyl sites for hydroxylation is 1. The zero-order chi connectivity index (χ0) is 17.3. The number of hydrogen-bond acceptors (Lipinski definition) is 3. The summed E-state index contributed by atoms with van der Waals surface area (Å²) >= 11 is 0. The predicted molar refractivity (Wildman–Crippen MR) is 90.8 cm³/mol. The van der Waals surface area contributed by atoms with Crippen LogP contribution in [0.3, 0.4) is 0 Å². The SMILES string of the molecule is CC(C)CCN1CC[C@]2(CCc3cc(C(=O)NO)ccc3C2)C1=O. The van der Waals surface area contributed by atoms with E-state index < -0.39 is 5.91 Å². The highest BCUT2D eigenvalue weighted by molar-refractivity contribution is 5.93. The largest absolute Gasteiger partial charge is 0.342 e. The first-order valence-electron chi connectivity index (χ1n) is 8.81. The van der Waals surface area contributed by atoms with Crippen molar-refractivity contribution in [2.75, 3.05) is 13.1 Å². The number of amides is 2. The van der Waals surface area contributed by atoms with Gasteiger partial charge in [0.1, 0.15) is 0 Å². The van der Waals surface area contributed by atoms with Crippen LogP contribution in [0.5, 0.6) is 0 Å². The van der Waals surface area contributed by atoms with Crippen LogP contribution >= 0.6 is 0 Å². The lowest BCUT2D eigenvalue weighted by Gasteiger charge is -2.33. The number of rotatable bonds is 4. The van der Waals surface area contributed by atoms with Gasteiger partial charge in [0.05, 0.1) is 5.41 Å². The smallest absolute Gasteiger partial charge is 0.274 e. The molecule has 5 nitrogen and oxygen atoms in total. The van der Waals surface area contributed by atoms with Crippen LogP contribution in [0.1, 0.15) is 54.6 Å². The summed E-state index contributed by atoms with van der Waals surface area (Å²) in [5, 5.41) is 8.76. The highest BCUT2D eigenvalue weighted by atomic mass is 16.5. The van der Waals surface area contributed by atoms with E-state index in [0.717, 1.165) is 56.3 Å². The van der Waals surface area contributed by atoms with E-state index >= 15 is 0 Å². The highest BCUT2D eigenvalue weighted by Gasteiger charge is 2.47. The van der Waals surface area contributed by atoms with Gasteiger partial charge in [0.15, 0.2) is 0 Å². The molecule has 1 saturated heterocycles. The molecule has 0 aromatic heterocycles. The topological polar surface area (TPSA) is 69.6 Å². The molecule has 1 aliphatic heterocycles. The summed E-state index contributed by atoms with van der Waals surface area (Å²) in [6.07, 6.45) is 4.41. The number of benzene rings is 1. The molecular formula is C19H26N2O3. The predicted octanol–water partition coefficient (Wildman–Crippen LogP) is 2.56. The summed E-state index contributed by atoms with van der Waals surface area (Å²) in [4.78, 5) is 26.5. The maximum absolute atomic E-state index is 13.0. The first-order chi connectivity index (χ1) is 11.4. The van der Waals surface area contributed by atoms with E-state index in [1.165, 1.54) is 0 Å². The van der Waals surface area contributed by atoms with Crippen molar-refractivity contribution in [3.8, 4) is 0 Å². The number of fused-ring (bicyclic) bond motifs is 1. The van der Waals surface area contributed by atoms with E-state index in [4.69, 9.17) is 5.21 Å². The molecule has 2 aliphatic rings. The number of hydrogen-bond donors (Lipinski definition) is 2. The minimum atomic E-state index is -0.491. The number of likely N-dealkylation sites (tertiary alicyclic amines) is 1. The third-order valence-corrected chi connectivity index (χ3v) is 5.55. The second-order valence-electron chi connectivity index (χ2n) is 7.61. The third kappa shape index (κ3) is 3.05. The van der Waals surface area contributed by atoms with Crippen molar-refractivity contribution >= 4 is 11.8 Å². The molecule has 3 rings (SSSR count). The van der Waals surface area contributed by atoms with E-state index in [9.17, 15) is 9.59 Å². The van der Waals surface area contributed by atoms with E-state index in [0.29, 0.717) is 17.4 Å². The van der Waals surface area contributed by atoms with Gasteiger partial charge in [0.2, 0.25) is 5.91 Å². The monoisotopic (exact) mass is 330 g/mol. The van der Waals surface area contributed by atoms with E-state index in [1.807, 2.05) is 17.0 Å². The van der Waals surface area contributed by atoms with Crippen molar-refractivity contribution in [3.05, 3.63) is 34.9 Å². The van der Waals surface area contributed by atoms with Crippen molar-refractivity contribution in [1.82, 2.24) is 10.4 Å². The zero-order valence-electron chi connectivity index (χ0n) is 14.5. The van der Waals surface area contributed by atoms with Crippen molar-refractivity contribution in [2.45, 2.75) is 46.0 Å². The molecule has 0 unspecified atom stereocenters. The second-order valence-corrected chi connectivity index (χ2v) is 7.61. The van der Waals surface area contributed by atoms with E-state index in [1.54, 1.807) is 11.5 Å². The summed E-state index contributed by atoms with van der Waals surface area (Å²) in [5.74, 6) is 0.429. The Morgan fingerprint density at radius 1 is 1.33 bits per heavy atom. The third-order valence-electron chi connectivity index (χ3n) is 5.55. The minimum absolute atomic E-state index is 0.245. The van der Waals surface area contributed by atoms with Crippen LogP contribution in [0.25, 0.3) is 0 Å². The van der Waals surface area contributed by atoms with Gasteiger partial charge >= 0.3 is 0 Å². The molecule has 1 fully saturated rings. The van der Waals surface area contributed by atoms with Crippen LogP contribution in [0, 0.1) is 11.3 Å². The fraction of sp³-hybridized carbons (Fsp3) is 0.579. The van der Waals surface area contributed by atoms with Crippen LogP contribution < -0.4 is 5.48 Å². The average molecular weight is 330 g/mol. The Balaban J connectivity index is 1.75. The number of carbonyl (C=O) groups excluding carboxylic acids is 2. The summed E-state index contributed by atoms with van der Waals surface area (Å²) in [6, 6.07) is 5.49. The molecule has 1 aliphatic carbocycles. The van der Waals surface area contributed by atoms with Gasteiger partial charge in [-0.3, -0.25) is 14.8 Å². The molecule has 1 aromatic carbocycles. The zero-order valence-corrected chi connectivity index (χ0v) is 14.5. The molecule has 0 bridgehead atoms. The Labute approximate surface area is 143 Å². The Morgan fingerprint density at radius 2 is 2.12 bits per heavy atom. The van der Waals surface area contributed by atoms with Crippen molar-refractivity contribution in [2.24, 2.45) is 11.3 Å². The first kappa shape index (κ1) is 17.0. The Kier molecular flexibility index (Phi) is 4.63. The maximum atomic E-state index is 13.0. The summed E-state index contributed by atoms with van der Waals surface area (Å²) < 4.78 is 0. The Morgan fingerprint density at radius 3 is 2.83 bits per heavy atom. The molecular weight excluding hydrogens is 304 g/mol. The number of nitrogens with zero attached hydrogens (tertiary/aromatic N) is 1. The van der Waals surface area contributed by atoms with Gasteiger partial charge in [-0.25, -0.2) is 5.48 Å². The van der Waals surface area contributed by atoms with Crippen molar-refractivity contribution < 1.29 is 14.8 Å². The van der Waals surface area contributed by atoms with Gasteiger partial charge in [-0.15, -0.1) is 0 Å². The second kappa shape index (κ2) is 6.55. The van der Waals surface area contributed by atoms with Crippen molar-refractivity contribution in [1.29, 1.82) is 0 Å². The van der Waals surface area contributed by atoms with Gasteiger partial charge in [-0.1, -0.05) is 19.9 Å². The molecule has 24 heavy (non-hydrogen) atoms. The summed E-state index contributed by atoms with van der Waals surface area (Å²) in [5.41, 5.74) is 4.17. The lowest BCUT2D eigenvalue weighted by molar-refractivity contribution is -0.136. The van der Waals surface area contributed by atoms with Crippen molar-refractivity contribution in [3.63, 3.8) is 0 Å². The van der Waals surface area contributed by atoms with Crippen LogP contribution in [0.4, 0.5) is 0 Å². The summed E-state index contributed by atoms with van der Waals surface area (Å²) in [7, 11) is 0. The molecule has 1 aromatic rings. The van der Waals surface area contributed by atoms with Crippen LogP contribution in [-0.4, -0.2) is 35.0 Å². The highest BCUT2D eigenvalue weighted by Crippen LogP contribution is 2.44.